The number of hydrogen-bond donors (Lipinski definition) is 1. The van der Waals surface area contributed by atoms with Gasteiger partial charge in [0.25, 0.3) is 0 Å². The fourth-order valence-electron chi connectivity index (χ4n) is 3.52. The zero-order chi connectivity index (χ0) is 19.9. The first-order chi connectivity index (χ1) is 13.3. The van der Waals surface area contributed by atoms with Gasteiger partial charge in [-0.2, -0.15) is 13.2 Å². The molecule has 0 saturated carbocycles. The third-order valence-electron chi connectivity index (χ3n) is 5.06. The molecular formula is C20H20ClF3N4. The minimum Gasteiger partial charge on any atom is -0.314 e. The van der Waals surface area contributed by atoms with Gasteiger partial charge in [0, 0.05) is 49.5 Å². The second-order valence-electron chi connectivity index (χ2n) is 7.04. The smallest absolute Gasteiger partial charge is 0.314 e. The molecule has 1 aliphatic heterocycles. The third-order valence-corrected chi connectivity index (χ3v) is 5.48. The molecule has 1 saturated heterocycles. The number of benzene rings is 1. The topological polar surface area (TPSA) is 32.6 Å². The van der Waals surface area contributed by atoms with E-state index in [1.54, 1.807) is 10.5 Å². The molecule has 3 aromatic rings. The molecule has 1 aromatic carbocycles. The average Bonchev–Trinajstić information content (AvgIpc) is 3.02. The molecule has 0 bridgehead atoms. The lowest BCUT2D eigenvalue weighted by Gasteiger charge is -2.27. The molecule has 148 valence electrons. The normalized spacial score (nSPS) is 16.0. The maximum absolute atomic E-state index is 13.3. The maximum atomic E-state index is 13.3. The summed E-state index contributed by atoms with van der Waals surface area (Å²) in [5.74, 6) is 0. The summed E-state index contributed by atoms with van der Waals surface area (Å²) in [4.78, 5) is 6.88. The van der Waals surface area contributed by atoms with Crippen LogP contribution in [0.2, 0.25) is 5.02 Å². The number of nitrogens with one attached hydrogen (secondary N) is 1. The number of fused-ring (bicyclic) bond motifs is 1. The summed E-state index contributed by atoms with van der Waals surface area (Å²) in [6, 6.07) is 8.09. The molecule has 28 heavy (non-hydrogen) atoms. The summed E-state index contributed by atoms with van der Waals surface area (Å²) in [6.45, 7) is 5.83. The van der Waals surface area contributed by atoms with Crippen molar-refractivity contribution >= 4 is 17.2 Å². The van der Waals surface area contributed by atoms with Crippen molar-refractivity contribution in [3.8, 4) is 11.3 Å². The van der Waals surface area contributed by atoms with Crippen LogP contribution in [0.3, 0.4) is 0 Å². The Balaban J connectivity index is 1.86. The van der Waals surface area contributed by atoms with Crippen LogP contribution in [0.4, 0.5) is 13.2 Å². The van der Waals surface area contributed by atoms with Crippen LogP contribution < -0.4 is 5.32 Å². The molecule has 8 heteroatoms. The molecule has 0 amide bonds. The van der Waals surface area contributed by atoms with Crippen molar-refractivity contribution in [2.24, 2.45) is 0 Å². The van der Waals surface area contributed by atoms with E-state index in [0.29, 0.717) is 22.9 Å². The highest BCUT2D eigenvalue weighted by molar-refractivity contribution is 6.31. The fraction of sp³-hybridized carbons (Fsp3) is 0.350. The standard InChI is InChI=1S/C20H20ClF3N4/c1-13-10-14(2-4-16(13)21)19-17(12-27-8-6-25-7-9-27)28-11-15(20(22,23)24)3-5-18(28)26-19/h2-5,10-11,25H,6-9,12H2,1H3. The maximum Gasteiger partial charge on any atom is 0.417 e. The van der Waals surface area contributed by atoms with E-state index in [0.717, 1.165) is 55.3 Å². The first-order valence-electron chi connectivity index (χ1n) is 9.11. The minimum atomic E-state index is -4.40. The third kappa shape index (κ3) is 3.74. The molecule has 2 aromatic heterocycles. The van der Waals surface area contributed by atoms with E-state index in [1.807, 2.05) is 19.1 Å². The molecule has 0 aliphatic carbocycles. The summed E-state index contributed by atoms with van der Waals surface area (Å²) in [6.07, 6.45) is -3.26. The van der Waals surface area contributed by atoms with Crippen molar-refractivity contribution in [1.82, 2.24) is 19.6 Å². The molecule has 0 spiro atoms. The predicted molar refractivity (Wildman–Crippen MR) is 104 cm³/mol. The lowest BCUT2D eigenvalue weighted by Crippen LogP contribution is -2.43. The number of aryl methyl sites for hydroxylation is 1. The fourth-order valence-corrected chi connectivity index (χ4v) is 3.63. The summed E-state index contributed by atoms with van der Waals surface area (Å²) >= 11 is 6.15. The lowest BCUT2D eigenvalue weighted by molar-refractivity contribution is -0.137. The Morgan fingerprint density at radius 1 is 1.14 bits per heavy atom. The Bertz CT molecular complexity index is 1010. The largest absolute Gasteiger partial charge is 0.417 e. The number of nitrogens with zero attached hydrogens (tertiary/aromatic N) is 3. The van der Waals surface area contributed by atoms with Gasteiger partial charge in [-0.15, -0.1) is 0 Å². The average molecular weight is 409 g/mol. The monoisotopic (exact) mass is 408 g/mol. The minimum absolute atomic E-state index is 0.501. The van der Waals surface area contributed by atoms with Crippen molar-refractivity contribution in [2.75, 3.05) is 26.2 Å². The van der Waals surface area contributed by atoms with Crippen molar-refractivity contribution in [3.05, 3.63) is 58.4 Å². The number of halogens is 4. The number of imidazole rings is 1. The molecule has 4 rings (SSSR count). The van der Waals surface area contributed by atoms with Gasteiger partial charge in [-0.05, 0) is 36.8 Å². The van der Waals surface area contributed by atoms with E-state index < -0.39 is 11.7 Å². The number of aromatic nitrogens is 2. The van der Waals surface area contributed by atoms with Crippen molar-refractivity contribution in [2.45, 2.75) is 19.6 Å². The second-order valence-corrected chi connectivity index (χ2v) is 7.45. The summed E-state index contributed by atoms with van der Waals surface area (Å²) < 4.78 is 41.4. The van der Waals surface area contributed by atoms with Gasteiger partial charge in [0.1, 0.15) is 5.65 Å². The Labute approximate surface area is 165 Å². The van der Waals surface area contributed by atoms with Crippen LogP contribution in [-0.2, 0) is 12.7 Å². The predicted octanol–water partition coefficient (Wildman–Crippen LogP) is 4.39. The Morgan fingerprint density at radius 3 is 2.57 bits per heavy atom. The van der Waals surface area contributed by atoms with Gasteiger partial charge in [0.05, 0.1) is 17.0 Å². The van der Waals surface area contributed by atoms with Crippen LogP contribution in [0.1, 0.15) is 16.8 Å². The number of hydrogen-bond acceptors (Lipinski definition) is 3. The molecule has 0 unspecified atom stereocenters. The van der Waals surface area contributed by atoms with E-state index >= 15 is 0 Å². The number of piperazine rings is 1. The number of pyridine rings is 1. The molecular weight excluding hydrogens is 389 g/mol. The van der Waals surface area contributed by atoms with E-state index in [1.165, 1.54) is 6.07 Å². The van der Waals surface area contributed by atoms with Crippen LogP contribution >= 0.6 is 11.6 Å². The van der Waals surface area contributed by atoms with Crippen molar-refractivity contribution in [1.29, 1.82) is 0 Å². The van der Waals surface area contributed by atoms with Gasteiger partial charge in [-0.25, -0.2) is 4.98 Å². The summed E-state index contributed by atoms with van der Waals surface area (Å²) in [5.41, 5.74) is 3.02. The zero-order valence-corrected chi connectivity index (χ0v) is 16.1. The van der Waals surface area contributed by atoms with Crippen molar-refractivity contribution in [3.63, 3.8) is 0 Å². The van der Waals surface area contributed by atoms with E-state index in [4.69, 9.17) is 11.6 Å². The molecule has 1 N–H and O–H groups in total. The van der Waals surface area contributed by atoms with Gasteiger partial charge in [-0.1, -0.05) is 17.7 Å². The highest BCUT2D eigenvalue weighted by Gasteiger charge is 2.31. The zero-order valence-electron chi connectivity index (χ0n) is 15.4. The quantitative estimate of drug-likeness (QED) is 0.697. The SMILES string of the molecule is Cc1cc(-c2nc3ccc(C(F)(F)F)cn3c2CN2CCNCC2)ccc1Cl. The van der Waals surface area contributed by atoms with Gasteiger partial charge < -0.3 is 9.72 Å². The van der Waals surface area contributed by atoms with Gasteiger partial charge >= 0.3 is 6.18 Å². The summed E-state index contributed by atoms with van der Waals surface area (Å²) in [5, 5.41) is 3.94. The molecule has 1 aliphatic rings. The molecule has 3 heterocycles. The van der Waals surface area contributed by atoms with Crippen LogP contribution in [0, 0.1) is 6.92 Å². The number of alkyl halides is 3. The second kappa shape index (κ2) is 7.39. The molecule has 4 nitrogen and oxygen atoms in total. The van der Waals surface area contributed by atoms with E-state index in [2.05, 4.69) is 15.2 Å². The van der Waals surface area contributed by atoms with E-state index in [-0.39, 0.29) is 0 Å². The lowest BCUT2D eigenvalue weighted by atomic mass is 10.1. The summed E-state index contributed by atoms with van der Waals surface area (Å²) in [7, 11) is 0. The van der Waals surface area contributed by atoms with Crippen LogP contribution in [0.5, 0.6) is 0 Å². The van der Waals surface area contributed by atoms with E-state index in [9.17, 15) is 13.2 Å². The Hall–Kier alpha value is -2.09. The van der Waals surface area contributed by atoms with Gasteiger partial charge in [-0.3, -0.25) is 4.90 Å². The first kappa shape index (κ1) is 19.2. The van der Waals surface area contributed by atoms with Crippen LogP contribution in [-0.4, -0.2) is 40.5 Å². The van der Waals surface area contributed by atoms with Crippen molar-refractivity contribution < 1.29 is 13.2 Å². The number of rotatable bonds is 3. The highest BCUT2D eigenvalue weighted by Crippen LogP contribution is 2.33. The molecule has 1 fully saturated rings. The molecule has 0 radical (unpaired) electrons. The Kier molecular flexibility index (Phi) is 5.07. The first-order valence-corrected chi connectivity index (χ1v) is 9.48. The Morgan fingerprint density at radius 2 is 1.89 bits per heavy atom. The van der Waals surface area contributed by atoms with Gasteiger partial charge in [0.15, 0.2) is 0 Å². The van der Waals surface area contributed by atoms with Gasteiger partial charge in [0.2, 0.25) is 0 Å². The molecule has 0 atom stereocenters. The highest BCUT2D eigenvalue weighted by atomic mass is 35.5. The van der Waals surface area contributed by atoms with Crippen LogP contribution in [0.25, 0.3) is 16.9 Å². The van der Waals surface area contributed by atoms with Crippen LogP contribution in [0.15, 0.2) is 36.5 Å².